The number of hydrogen-bond acceptors (Lipinski definition) is 5. The highest BCUT2D eigenvalue weighted by molar-refractivity contribution is 5.99. The Morgan fingerprint density at radius 3 is 2.47 bits per heavy atom. The number of nitrogens with one attached hydrogen (secondary N) is 1. The summed E-state index contributed by atoms with van der Waals surface area (Å²) in [6.07, 6.45) is 2.36. The van der Waals surface area contributed by atoms with Crippen molar-refractivity contribution < 1.29 is 19.0 Å². The minimum atomic E-state index is -0.557. The Balaban J connectivity index is 1.33. The van der Waals surface area contributed by atoms with Gasteiger partial charge in [-0.3, -0.25) is 9.69 Å². The summed E-state index contributed by atoms with van der Waals surface area (Å²) in [4.78, 5) is 15.8. The molecule has 6 nitrogen and oxygen atoms in total. The average Bonchev–Trinajstić information content (AvgIpc) is 2.84. The molecule has 0 radical (unpaired) electrons. The molecule has 2 aliphatic rings. The molecule has 0 saturated carbocycles. The van der Waals surface area contributed by atoms with Crippen LogP contribution in [0, 0.1) is 6.92 Å². The van der Waals surface area contributed by atoms with Crippen LogP contribution < -0.4 is 10.1 Å². The molecule has 2 heterocycles. The normalized spacial score (nSPS) is 18.8. The molecule has 0 spiro atoms. The smallest absolute Gasteiger partial charge is 0.235 e. The van der Waals surface area contributed by atoms with E-state index >= 15 is 0 Å². The predicted octanol–water partition coefficient (Wildman–Crippen LogP) is 3.78. The molecule has 0 atom stereocenters. The Hall–Kier alpha value is -2.41. The third kappa shape index (κ3) is 5.68. The second-order valence-electron chi connectivity index (χ2n) is 8.70. The average molecular weight is 439 g/mol. The summed E-state index contributed by atoms with van der Waals surface area (Å²) in [6, 6.07) is 16.0. The van der Waals surface area contributed by atoms with Gasteiger partial charge in [-0.25, -0.2) is 0 Å². The van der Waals surface area contributed by atoms with Gasteiger partial charge >= 0.3 is 0 Å². The van der Waals surface area contributed by atoms with Crippen molar-refractivity contribution in [3.8, 4) is 5.75 Å². The largest absolute Gasteiger partial charge is 0.494 e. The first kappa shape index (κ1) is 22.8. The van der Waals surface area contributed by atoms with Crippen LogP contribution in [0.15, 0.2) is 48.5 Å². The molecule has 1 N–H and O–H groups in total. The zero-order valence-electron chi connectivity index (χ0n) is 19.0. The molecule has 4 rings (SSSR count). The summed E-state index contributed by atoms with van der Waals surface area (Å²) in [7, 11) is 0. The topological polar surface area (TPSA) is 60.0 Å². The first-order valence-electron chi connectivity index (χ1n) is 11.7. The zero-order chi connectivity index (χ0) is 22.2. The van der Waals surface area contributed by atoms with E-state index in [2.05, 4.69) is 35.3 Å². The van der Waals surface area contributed by atoms with Crippen LogP contribution in [0.4, 0.5) is 5.69 Å². The fourth-order valence-corrected chi connectivity index (χ4v) is 4.50. The van der Waals surface area contributed by atoms with E-state index in [1.807, 2.05) is 30.3 Å². The fraction of sp³-hybridized carbons (Fsp3) is 0.500. The van der Waals surface area contributed by atoms with E-state index in [9.17, 15) is 4.79 Å². The van der Waals surface area contributed by atoms with Gasteiger partial charge in [-0.1, -0.05) is 29.8 Å². The molecule has 2 saturated heterocycles. The molecule has 0 aliphatic carbocycles. The third-order valence-electron chi connectivity index (χ3n) is 6.45. The number of rotatable bonds is 8. The Bertz CT molecular complexity index is 872. The lowest BCUT2D eigenvalue weighted by molar-refractivity contribution is -0.125. The van der Waals surface area contributed by atoms with Crippen molar-refractivity contribution >= 4 is 11.6 Å². The minimum Gasteiger partial charge on any atom is -0.494 e. The van der Waals surface area contributed by atoms with Crippen molar-refractivity contribution in [1.29, 1.82) is 0 Å². The summed E-state index contributed by atoms with van der Waals surface area (Å²) in [5.41, 5.74) is 2.46. The van der Waals surface area contributed by atoms with Gasteiger partial charge in [0.15, 0.2) is 0 Å². The maximum Gasteiger partial charge on any atom is 0.235 e. The van der Waals surface area contributed by atoms with Gasteiger partial charge in [0.2, 0.25) is 5.91 Å². The number of carbonyl (C=O) groups excluding carboxylic acids is 1. The molecule has 2 fully saturated rings. The van der Waals surface area contributed by atoms with Crippen LogP contribution in [0.25, 0.3) is 0 Å². The maximum absolute atomic E-state index is 13.4. The Kier molecular flexibility index (Phi) is 7.79. The molecule has 32 heavy (non-hydrogen) atoms. The molecular formula is C26H34N2O4. The number of hydrogen-bond donors (Lipinski definition) is 1. The van der Waals surface area contributed by atoms with Gasteiger partial charge in [0, 0.05) is 38.5 Å². The van der Waals surface area contributed by atoms with E-state index in [1.54, 1.807) is 0 Å². The second-order valence-corrected chi connectivity index (χ2v) is 8.70. The van der Waals surface area contributed by atoms with Crippen molar-refractivity contribution in [2.75, 3.05) is 58.0 Å². The molecule has 1 amide bonds. The van der Waals surface area contributed by atoms with Crippen LogP contribution in [0.2, 0.25) is 0 Å². The summed E-state index contributed by atoms with van der Waals surface area (Å²) in [5.74, 6) is 0.856. The van der Waals surface area contributed by atoms with Crippen molar-refractivity contribution in [3.05, 3.63) is 59.7 Å². The van der Waals surface area contributed by atoms with Gasteiger partial charge in [0.1, 0.15) is 5.75 Å². The van der Waals surface area contributed by atoms with E-state index in [4.69, 9.17) is 14.2 Å². The lowest BCUT2D eigenvalue weighted by Gasteiger charge is -2.36. The quantitative estimate of drug-likeness (QED) is 0.636. The molecule has 6 heteroatoms. The van der Waals surface area contributed by atoms with Crippen molar-refractivity contribution in [1.82, 2.24) is 4.90 Å². The second kappa shape index (κ2) is 10.9. The highest BCUT2D eigenvalue weighted by atomic mass is 16.5. The van der Waals surface area contributed by atoms with Gasteiger partial charge in [0.05, 0.1) is 25.2 Å². The number of anilines is 1. The number of nitrogens with zero attached hydrogens (tertiary/aromatic N) is 1. The highest BCUT2D eigenvalue weighted by Gasteiger charge is 2.41. The number of benzene rings is 2. The summed E-state index contributed by atoms with van der Waals surface area (Å²) >= 11 is 0. The van der Waals surface area contributed by atoms with Gasteiger partial charge in [-0.05, 0) is 56.0 Å². The lowest BCUT2D eigenvalue weighted by atomic mass is 9.73. The van der Waals surface area contributed by atoms with Crippen molar-refractivity contribution in [2.24, 2.45) is 0 Å². The molecule has 0 unspecified atom stereocenters. The summed E-state index contributed by atoms with van der Waals surface area (Å²) in [6.45, 7) is 8.63. The fourth-order valence-electron chi connectivity index (χ4n) is 4.50. The first-order chi connectivity index (χ1) is 15.7. The third-order valence-corrected chi connectivity index (χ3v) is 6.45. The molecule has 2 aromatic rings. The van der Waals surface area contributed by atoms with Crippen LogP contribution >= 0.6 is 0 Å². The Morgan fingerprint density at radius 2 is 1.75 bits per heavy atom. The van der Waals surface area contributed by atoms with Gasteiger partial charge < -0.3 is 19.5 Å². The summed E-state index contributed by atoms with van der Waals surface area (Å²) < 4.78 is 16.8. The monoisotopic (exact) mass is 438 g/mol. The minimum absolute atomic E-state index is 0.0329. The molecule has 172 valence electrons. The highest BCUT2D eigenvalue weighted by Crippen LogP contribution is 2.36. The number of aryl methyl sites for hydroxylation is 1. The molecule has 2 aliphatic heterocycles. The van der Waals surface area contributed by atoms with Crippen LogP contribution in [0.1, 0.15) is 30.4 Å². The van der Waals surface area contributed by atoms with Gasteiger partial charge in [0.25, 0.3) is 0 Å². The first-order valence-corrected chi connectivity index (χ1v) is 11.7. The molecule has 0 bridgehead atoms. The molecule has 2 aromatic carbocycles. The molecular weight excluding hydrogens is 404 g/mol. The number of morpholine rings is 1. The van der Waals surface area contributed by atoms with E-state index in [0.717, 1.165) is 61.8 Å². The predicted molar refractivity (Wildman–Crippen MR) is 125 cm³/mol. The lowest BCUT2D eigenvalue weighted by Crippen LogP contribution is -2.44. The van der Waals surface area contributed by atoms with Crippen LogP contribution in [0.3, 0.4) is 0 Å². The number of amides is 1. The van der Waals surface area contributed by atoms with E-state index < -0.39 is 5.41 Å². The maximum atomic E-state index is 13.4. The van der Waals surface area contributed by atoms with Crippen LogP contribution in [0.5, 0.6) is 5.75 Å². The Labute approximate surface area is 190 Å². The van der Waals surface area contributed by atoms with Gasteiger partial charge in [-0.15, -0.1) is 0 Å². The summed E-state index contributed by atoms with van der Waals surface area (Å²) in [5, 5.41) is 3.14. The van der Waals surface area contributed by atoms with Crippen LogP contribution in [-0.2, 0) is 19.7 Å². The van der Waals surface area contributed by atoms with Crippen molar-refractivity contribution in [2.45, 2.75) is 31.6 Å². The van der Waals surface area contributed by atoms with E-state index in [0.29, 0.717) is 32.7 Å². The van der Waals surface area contributed by atoms with Crippen LogP contribution in [-0.4, -0.2) is 63.5 Å². The SMILES string of the molecule is Cc1cccc(C2(C(=O)Nc3ccc(OCCCN4CCOCC4)cc3)CCOCC2)c1. The van der Waals surface area contributed by atoms with E-state index in [1.165, 1.54) is 0 Å². The van der Waals surface area contributed by atoms with E-state index in [-0.39, 0.29) is 5.91 Å². The number of ether oxygens (including phenoxy) is 3. The number of carbonyl (C=O) groups is 1. The Morgan fingerprint density at radius 1 is 1.03 bits per heavy atom. The molecule has 0 aromatic heterocycles. The standard InChI is InChI=1S/C26H34N2O4/c1-21-4-2-5-22(20-21)26(10-16-30-17-11-26)25(29)27-23-6-8-24(9-7-23)32-15-3-12-28-13-18-31-19-14-28/h2,4-9,20H,3,10-19H2,1H3,(H,27,29). The van der Waals surface area contributed by atoms with Gasteiger partial charge in [-0.2, -0.15) is 0 Å². The van der Waals surface area contributed by atoms with Crippen molar-refractivity contribution in [3.63, 3.8) is 0 Å². The zero-order valence-corrected chi connectivity index (χ0v) is 19.0.